The van der Waals surface area contributed by atoms with E-state index in [1.165, 1.54) is 19.3 Å². The molecule has 0 aliphatic carbocycles. The van der Waals surface area contributed by atoms with Gasteiger partial charge in [0.25, 0.3) is 0 Å². The lowest BCUT2D eigenvalue weighted by Gasteiger charge is -2.35. The molecule has 0 aromatic carbocycles. The molecule has 1 aliphatic rings. The normalized spacial score (nSPS) is 18.5. The molecule has 1 atom stereocenters. The van der Waals surface area contributed by atoms with Crippen LogP contribution in [0, 0.1) is 0 Å². The van der Waals surface area contributed by atoms with Gasteiger partial charge in [-0.15, -0.1) is 0 Å². The van der Waals surface area contributed by atoms with E-state index in [1.807, 2.05) is 47.4 Å². The van der Waals surface area contributed by atoms with Crippen LogP contribution in [0.25, 0.3) is 11.4 Å². The molecule has 6 heteroatoms. The fourth-order valence-electron chi connectivity index (χ4n) is 3.53. The fourth-order valence-corrected chi connectivity index (χ4v) is 3.53. The molecule has 1 aliphatic heterocycles. The number of aromatic nitrogens is 4. The minimum absolute atomic E-state index is 0.571. The highest BCUT2D eigenvalue weighted by Gasteiger charge is 2.23. The monoisotopic (exact) mass is 337 g/mol. The van der Waals surface area contributed by atoms with Crippen LogP contribution in [0.5, 0.6) is 0 Å². The van der Waals surface area contributed by atoms with Crippen molar-refractivity contribution in [2.45, 2.75) is 44.8 Å². The Morgan fingerprint density at radius 1 is 1.12 bits per heavy atom. The Bertz CT molecular complexity index is 768. The van der Waals surface area contributed by atoms with Gasteiger partial charge in [-0.3, -0.25) is 14.6 Å². The van der Waals surface area contributed by atoms with Gasteiger partial charge < -0.3 is 4.52 Å². The lowest BCUT2D eigenvalue weighted by Crippen LogP contribution is -2.39. The third-order valence-electron chi connectivity index (χ3n) is 4.84. The molecule has 0 N–H and O–H groups in total. The van der Waals surface area contributed by atoms with E-state index in [4.69, 9.17) is 4.52 Å². The summed E-state index contributed by atoms with van der Waals surface area (Å²) >= 11 is 0. The molecular formula is C19H23N5O. The van der Waals surface area contributed by atoms with Crippen molar-refractivity contribution in [3.63, 3.8) is 0 Å². The Hall–Kier alpha value is -2.47. The highest BCUT2D eigenvalue weighted by Crippen LogP contribution is 2.24. The van der Waals surface area contributed by atoms with Gasteiger partial charge in [0.15, 0.2) is 5.76 Å². The average Bonchev–Trinajstić information content (AvgIpc) is 3.34. The van der Waals surface area contributed by atoms with Gasteiger partial charge in [0.1, 0.15) is 5.69 Å². The summed E-state index contributed by atoms with van der Waals surface area (Å²) in [6, 6.07) is 10.4. The van der Waals surface area contributed by atoms with Gasteiger partial charge in [-0.2, -0.15) is 5.10 Å². The summed E-state index contributed by atoms with van der Waals surface area (Å²) in [7, 11) is 0. The van der Waals surface area contributed by atoms with Crippen molar-refractivity contribution in [3.8, 4) is 11.4 Å². The second kappa shape index (κ2) is 7.61. The van der Waals surface area contributed by atoms with Gasteiger partial charge in [-0.25, -0.2) is 0 Å². The van der Waals surface area contributed by atoms with Crippen LogP contribution in [0.4, 0.5) is 0 Å². The van der Waals surface area contributed by atoms with Crippen molar-refractivity contribution in [1.29, 1.82) is 0 Å². The highest BCUT2D eigenvalue weighted by atomic mass is 16.5. The summed E-state index contributed by atoms with van der Waals surface area (Å²) in [5, 5.41) is 8.49. The molecule has 6 nitrogen and oxygen atoms in total. The molecule has 4 rings (SSSR count). The van der Waals surface area contributed by atoms with Crippen molar-refractivity contribution in [2.24, 2.45) is 0 Å². The van der Waals surface area contributed by atoms with Crippen LogP contribution in [0.2, 0.25) is 0 Å². The number of hydrogen-bond donors (Lipinski definition) is 0. The van der Waals surface area contributed by atoms with Gasteiger partial charge in [0.2, 0.25) is 0 Å². The van der Waals surface area contributed by atoms with Crippen molar-refractivity contribution < 1.29 is 4.52 Å². The fraction of sp³-hybridized carbons (Fsp3) is 0.421. The van der Waals surface area contributed by atoms with E-state index in [0.29, 0.717) is 6.04 Å². The van der Waals surface area contributed by atoms with Crippen LogP contribution in [-0.2, 0) is 13.1 Å². The SMILES string of the molecule is c1ccc(-c2cc(CN3CCCCC3CCn3cccn3)on2)nc1. The van der Waals surface area contributed by atoms with E-state index in [9.17, 15) is 0 Å². The molecule has 0 spiro atoms. The standard InChI is InChI=1S/C19H23N5O/c1-3-9-20-18(7-1)19-14-17(25-22-19)15-23-11-4-2-6-16(23)8-13-24-12-5-10-21-24/h1,3,5,7,9-10,12,14,16H,2,4,6,8,11,13,15H2. The lowest BCUT2D eigenvalue weighted by molar-refractivity contribution is 0.115. The van der Waals surface area contributed by atoms with Crippen LogP contribution in [0.1, 0.15) is 31.4 Å². The molecule has 0 saturated carbocycles. The molecule has 1 saturated heterocycles. The highest BCUT2D eigenvalue weighted by molar-refractivity contribution is 5.52. The van der Waals surface area contributed by atoms with Gasteiger partial charge in [0.05, 0.1) is 12.2 Å². The quantitative estimate of drug-likeness (QED) is 0.690. The minimum Gasteiger partial charge on any atom is -0.359 e. The van der Waals surface area contributed by atoms with Gasteiger partial charge in [-0.1, -0.05) is 17.6 Å². The summed E-state index contributed by atoms with van der Waals surface area (Å²) in [6.45, 7) is 2.89. The average molecular weight is 337 g/mol. The molecule has 1 fully saturated rings. The molecular weight excluding hydrogens is 314 g/mol. The summed E-state index contributed by atoms with van der Waals surface area (Å²) in [6.07, 6.45) is 10.6. The number of rotatable bonds is 6. The van der Waals surface area contributed by atoms with Crippen molar-refractivity contribution in [3.05, 3.63) is 54.7 Å². The number of likely N-dealkylation sites (tertiary alicyclic amines) is 1. The maximum absolute atomic E-state index is 5.57. The van der Waals surface area contributed by atoms with E-state index in [0.717, 1.165) is 43.2 Å². The zero-order valence-corrected chi connectivity index (χ0v) is 14.3. The molecule has 4 heterocycles. The Labute approximate surface area is 147 Å². The van der Waals surface area contributed by atoms with Crippen LogP contribution < -0.4 is 0 Å². The molecule has 0 radical (unpaired) electrons. The predicted octanol–water partition coefficient (Wildman–Crippen LogP) is 3.38. The summed E-state index contributed by atoms with van der Waals surface area (Å²) in [4.78, 5) is 6.86. The number of piperidine rings is 1. The first kappa shape index (κ1) is 16.0. The first-order chi connectivity index (χ1) is 12.4. The van der Waals surface area contributed by atoms with Gasteiger partial charge in [-0.05, 0) is 44.0 Å². The van der Waals surface area contributed by atoms with E-state index < -0.39 is 0 Å². The van der Waals surface area contributed by atoms with E-state index >= 15 is 0 Å². The third-order valence-corrected chi connectivity index (χ3v) is 4.84. The summed E-state index contributed by atoms with van der Waals surface area (Å²) < 4.78 is 7.59. The molecule has 1 unspecified atom stereocenters. The number of nitrogens with zero attached hydrogens (tertiary/aromatic N) is 5. The summed E-state index contributed by atoms with van der Waals surface area (Å²) in [5.74, 6) is 0.909. The van der Waals surface area contributed by atoms with Gasteiger partial charge >= 0.3 is 0 Å². The predicted molar refractivity (Wildman–Crippen MR) is 94.6 cm³/mol. The zero-order valence-electron chi connectivity index (χ0n) is 14.3. The zero-order chi connectivity index (χ0) is 16.9. The van der Waals surface area contributed by atoms with Crippen molar-refractivity contribution >= 4 is 0 Å². The Kier molecular flexibility index (Phi) is 4.88. The van der Waals surface area contributed by atoms with E-state index in [1.54, 1.807) is 6.20 Å². The molecule has 0 bridgehead atoms. The second-order valence-corrected chi connectivity index (χ2v) is 6.57. The molecule has 0 amide bonds. The molecule has 25 heavy (non-hydrogen) atoms. The van der Waals surface area contributed by atoms with Crippen LogP contribution in [0.3, 0.4) is 0 Å². The number of pyridine rings is 1. The number of hydrogen-bond acceptors (Lipinski definition) is 5. The first-order valence-corrected chi connectivity index (χ1v) is 8.97. The smallest absolute Gasteiger partial charge is 0.151 e. The molecule has 3 aromatic heterocycles. The Morgan fingerprint density at radius 3 is 2.96 bits per heavy atom. The number of aryl methyl sites for hydroxylation is 1. The topological polar surface area (TPSA) is 60.0 Å². The molecule has 130 valence electrons. The van der Waals surface area contributed by atoms with Crippen molar-refractivity contribution in [1.82, 2.24) is 24.8 Å². The Balaban J connectivity index is 1.40. The van der Waals surface area contributed by atoms with Crippen molar-refractivity contribution in [2.75, 3.05) is 6.54 Å². The van der Waals surface area contributed by atoms with E-state index in [2.05, 4.69) is 20.1 Å². The minimum atomic E-state index is 0.571. The van der Waals surface area contributed by atoms with Crippen LogP contribution >= 0.6 is 0 Å². The van der Waals surface area contributed by atoms with Crippen LogP contribution in [0.15, 0.2) is 53.4 Å². The van der Waals surface area contributed by atoms with Crippen LogP contribution in [-0.4, -0.2) is 37.4 Å². The third kappa shape index (κ3) is 3.96. The lowest BCUT2D eigenvalue weighted by atomic mass is 9.99. The maximum Gasteiger partial charge on any atom is 0.151 e. The maximum atomic E-state index is 5.57. The second-order valence-electron chi connectivity index (χ2n) is 6.57. The summed E-state index contributed by atoms with van der Waals surface area (Å²) in [5.41, 5.74) is 1.66. The molecule has 3 aromatic rings. The van der Waals surface area contributed by atoms with Gasteiger partial charge in [0, 0.05) is 37.2 Å². The first-order valence-electron chi connectivity index (χ1n) is 8.97. The Morgan fingerprint density at radius 2 is 2.12 bits per heavy atom. The van der Waals surface area contributed by atoms with E-state index in [-0.39, 0.29) is 0 Å². The largest absolute Gasteiger partial charge is 0.359 e.